The van der Waals surface area contributed by atoms with Gasteiger partial charge in [-0.05, 0) is 79.8 Å². The van der Waals surface area contributed by atoms with Gasteiger partial charge in [0.1, 0.15) is 11.5 Å². The van der Waals surface area contributed by atoms with Crippen molar-refractivity contribution in [2.75, 3.05) is 26.2 Å². The molecule has 2 amide bonds. The summed E-state index contributed by atoms with van der Waals surface area (Å²) in [6.45, 7) is 8.64. The van der Waals surface area contributed by atoms with Crippen LogP contribution in [0.5, 0.6) is 11.5 Å². The molecule has 0 radical (unpaired) electrons. The molecule has 2 aromatic carbocycles. The highest BCUT2D eigenvalue weighted by molar-refractivity contribution is 5.94. The molecule has 1 aliphatic rings. The van der Waals surface area contributed by atoms with E-state index in [0.29, 0.717) is 29.2 Å². The lowest BCUT2D eigenvalue weighted by Crippen LogP contribution is -2.40. The number of piperidine rings is 1. The molecule has 0 spiro atoms. The zero-order valence-corrected chi connectivity index (χ0v) is 17.8. The number of benzene rings is 2. The summed E-state index contributed by atoms with van der Waals surface area (Å²) < 4.78 is 5.74. The maximum Gasteiger partial charge on any atom is 0.251 e. The highest BCUT2D eigenvalue weighted by Gasteiger charge is 2.21. The number of rotatable bonds is 8. The summed E-state index contributed by atoms with van der Waals surface area (Å²) in [5, 5.41) is 3.00. The van der Waals surface area contributed by atoms with Crippen molar-refractivity contribution in [1.82, 2.24) is 10.2 Å². The standard InChI is InChI=1S/C24H31N3O3/c1-17-14-18(2)16-27(15-17)13-3-12-26-24(29)20-6-10-22(11-7-20)30-21-8-4-19(5-9-21)23(25)28/h4-11,17-18H,3,12-16H2,1-2H3,(H2,25,28)(H,26,29). The summed E-state index contributed by atoms with van der Waals surface area (Å²) in [6.07, 6.45) is 2.26. The highest BCUT2D eigenvalue weighted by Crippen LogP contribution is 2.22. The first kappa shape index (κ1) is 21.8. The Labute approximate surface area is 178 Å². The first-order valence-corrected chi connectivity index (χ1v) is 10.6. The molecular formula is C24H31N3O3. The van der Waals surface area contributed by atoms with E-state index < -0.39 is 5.91 Å². The van der Waals surface area contributed by atoms with Crippen LogP contribution in [0.3, 0.4) is 0 Å². The molecular weight excluding hydrogens is 378 g/mol. The third-order valence-corrected chi connectivity index (χ3v) is 5.37. The van der Waals surface area contributed by atoms with E-state index in [9.17, 15) is 9.59 Å². The van der Waals surface area contributed by atoms with Crippen LogP contribution >= 0.6 is 0 Å². The SMILES string of the molecule is CC1CC(C)CN(CCCNC(=O)c2ccc(Oc3ccc(C(N)=O)cc3)cc2)C1. The Morgan fingerprint density at radius 1 is 0.967 bits per heavy atom. The minimum Gasteiger partial charge on any atom is -0.457 e. The van der Waals surface area contributed by atoms with Gasteiger partial charge >= 0.3 is 0 Å². The van der Waals surface area contributed by atoms with Crippen LogP contribution in [0.2, 0.25) is 0 Å². The molecule has 2 unspecified atom stereocenters. The van der Waals surface area contributed by atoms with Gasteiger partial charge in [-0.3, -0.25) is 9.59 Å². The van der Waals surface area contributed by atoms with Gasteiger partial charge in [-0.15, -0.1) is 0 Å². The second-order valence-electron chi connectivity index (χ2n) is 8.33. The molecule has 0 bridgehead atoms. The number of hydrogen-bond donors (Lipinski definition) is 2. The van der Waals surface area contributed by atoms with Gasteiger partial charge in [0, 0.05) is 30.8 Å². The lowest BCUT2D eigenvalue weighted by atomic mass is 9.92. The maximum atomic E-state index is 12.4. The number of hydrogen-bond acceptors (Lipinski definition) is 4. The van der Waals surface area contributed by atoms with Crippen molar-refractivity contribution < 1.29 is 14.3 Å². The fourth-order valence-corrected chi connectivity index (χ4v) is 4.08. The van der Waals surface area contributed by atoms with Gasteiger partial charge in [-0.25, -0.2) is 0 Å². The number of ether oxygens (including phenoxy) is 1. The molecule has 1 saturated heterocycles. The van der Waals surface area contributed by atoms with Gasteiger partial charge in [0.25, 0.3) is 5.91 Å². The second-order valence-corrected chi connectivity index (χ2v) is 8.33. The third-order valence-electron chi connectivity index (χ3n) is 5.37. The Kier molecular flexibility index (Phi) is 7.46. The molecule has 3 rings (SSSR count). The predicted molar refractivity (Wildman–Crippen MR) is 118 cm³/mol. The molecule has 6 nitrogen and oxygen atoms in total. The number of nitrogens with two attached hydrogens (primary N) is 1. The minimum atomic E-state index is -0.475. The van der Waals surface area contributed by atoms with Gasteiger partial charge in [0.05, 0.1) is 0 Å². The number of primary amides is 1. The average molecular weight is 410 g/mol. The summed E-state index contributed by atoms with van der Waals surface area (Å²) in [6, 6.07) is 13.6. The zero-order chi connectivity index (χ0) is 21.5. The molecule has 1 fully saturated rings. The van der Waals surface area contributed by atoms with Gasteiger partial charge in [-0.1, -0.05) is 13.8 Å². The Morgan fingerprint density at radius 2 is 1.50 bits per heavy atom. The Balaban J connectivity index is 1.42. The first-order chi connectivity index (χ1) is 14.4. The maximum absolute atomic E-state index is 12.4. The first-order valence-electron chi connectivity index (χ1n) is 10.6. The number of amides is 2. The minimum absolute atomic E-state index is 0.0762. The number of carbonyl (C=O) groups is 2. The Bertz CT molecular complexity index is 839. The third kappa shape index (κ3) is 6.32. The molecule has 0 saturated carbocycles. The highest BCUT2D eigenvalue weighted by atomic mass is 16.5. The van der Waals surface area contributed by atoms with Crippen molar-refractivity contribution in [3.05, 3.63) is 59.7 Å². The van der Waals surface area contributed by atoms with Crippen molar-refractivity contribution in [1.29, 1.82) is 0 Å². The van der Waals surface area contributed by atoms with E-state index in [2.05, 4.69) is 24.1 Å². The largest absolute Gasteiger partial charge is 0.457 e. The van der Waals surface area contributed by atoms with E-state index in [4.69, 9.17) is 10.5 Å². The van der Waals surface area contributed by atoms with Crippen molar-refractivity contribution in [2.24, 2.45) is 17.6 Å². The molecule has 30 heavy (non-hydrogen) atoms. The van der Waals surface area contributed by atoms with Crippen molar-refractivity contribution >= 4 is 11.8 Å². The lowest BCUT2D eigenvalue weighted by molar-refractivity contribution is 0.0946. The fourth-order valence-electron chi connectivity index (χ4n) is 4.08. The van der Waals surface area contributed by atoms with E-state index in [-0.39, 0.29) is 5.91 Å². The second kappa shape index (κ2) is 10.3. The molecule has 1 heterocycles. The summed E-state index contributed by atoms with van der Waals surface area (Å²) in [5.74, 6) is 2.17. The molecule has 6 heteroatoms. The van der Waals surface area contributed by atoms with Gasteiger partial charge < -0.3 is 20.7 Å². The van der Waals surface area contributed by atoms with Crippen molar-refractivity contribution in [2.45, 2.75) is 26.7 Å². The lowest BCUT2D eigenvalue weighted by Gasteiger charge is -2.34. The molecule has 0 aliphatic carbocycles. The molecule has 2 aromatic rings. The van der Waals surface area contributed by atoms with E-state index >= 15 is 0 Å². The molecule has 2 atom stereocenters. The Hall–Kier alpha value is -2.86. The van der Waals surface area contributed by atoms with Crippen LogP contribution in [0.25, 0.3) is 0 Å². The number of likely N-dealkylation sites (tertiary alicyclic amines) is 1. The normalized spacial score (nSPS) is 19.3. The quantitative estimate of drug-likeness (QED) is 0.652. The summed E-state index contributed by atoms with van der Waals surface area (Å²) in [4.78, 5) is 26.0. The van der Waals surface area contributed by atoms with Crippen LogP contribution in [0.1, 0.15) is 47.4 Å². The fraction of sp³-hybridized carbons (Fsp3) is 0.417. The zero-order valence-electron chi connectivity index (χ0n) is 17.8. The smallest absolute Gasteiger partial charge is 0.251 e. The van der Waals surface area contributed by atoms with Crippen LogP contribution in [-0.2, 0) is 0 Å². The molecule has 0 aromatic heterocycles. The summed E-state index contributed by atoms with van der Waals surface area (Å²) >= 11 is 0. The Morgan fingerprint density at radius 3 is 2.03 bits per heavy atom. The van der Waals surface area contributed by atoms with Gasteiger partial charge in [-0.2, -0.15) is 0 Å². The average Bonchev–Trinajstić information content (AvgIpc) is 2.71. The van der Waals surface area contributed by atoms with Crippen LogP contribution in [0, 0.1) is 11.8 Å². The number of nitrogens with zero attached hydrogens (tertiary/aromatic N) is 1. The van der Waals surface area contributed by atoms with E-state index in [1.54, 1.807) is 48.5 Å². The van der Waals surface area contributed by atoms with Crippen LogP contribution in [0.4, 0.5) is 0 Å². The van der Waals surface area contributed by atoms with Crippen molar-refractivity contribution in [3.63, 3.8) is 0 Å². The van der Waals surface area contributed by atoms with E-state index in [1.807, 2.05) is 0 Å². The van der Waals surface area contributed by atoms with Crippen molar-refractivity contribution in [3.8, 4) is 11.5 Å². The molecule has 3 N–H and O–H groups in total. The number of nitrogens with one attached hydrogen (secondary N) is 1. The van der Waals surface area contributed by atoms with Gasteiger partial charge in [0.2, 0.25) is 5.91 Å². The van der Waals surface area contributed by atoms with E-state index in [1.165, 1.54) is 6.42 Å². The topological polar surface area (TPSA) is 84.7 Å². The van der Waals surface area contributed by atoms with E-state index in [0.717, 1.165) is 37.9 Å². The van der Waals surface area contributed by atoms with Gasteiger partial charge in [0.15, 0.2) is 0 Å². The van der Waals surface area contributed by atoms with Crippen LogP contribution in [-0.4, -0.2) is 42.9 Å². The number of carbonyl (C=O) groups excluding carboxylic acids is 2. The van der Waals surface area contributed by atoms with Crippen LogP contribution in [0.15, 0.2) is 48.5 Å². The molecule has 1 aliphatic heterocycles. The summed E-state index contributed by atoms with van der Waals surface area (Å²) in [5.41, 5.74) is 6.27. The molecule has 160 valence electrons. The summed E-state index contributed by atoms with van der Waals surface area (Å²) in [7, 11) is 0. The monoisotopic (exact) mass is 409 g/mol. The van der Waals surface area contributed by atoms with Crippen LogP contribution < -0.4 is 15.8 Å². The predicted octanol–water partition coefficient (Wildman–Crippen LogP) is 3.68.